The van der Waals surface area contributed by atoms with E-state index in [1.807, 2.05) is 44.2 Å². The third kappa shape index (κ3) is 6.33. The Morgan fingerprint density at radius 3 is 2.45 bits per heavy atom. The summed E-state index contributed by atoms with van der Waals surface area (Å²) in [4.78, 5) is 21.3. The Morgan fingerprint density at radius 1 is 1.35 bits per heavy atom. The molecule has 0 aliphatic carbocycles. The summed E-state index contributed by atoms with van der Waals surface area (Å²) in [5.41, 5.74) is 6.25. The van der Waals surface area contributed by atoms with E-state index in [9.17, 15) is 14.3 Å². The Bertz CT molecular complexity index is 477. The molecule has 5 nitrogen and oxygen atoms in total. The third-order valence-electron chi connectivity index (χ3n) is 2.95. The maximum Gasteiger partial charge on any atom is 0.268 e. The number of hydrogen-bond donors (Lipinski definition) is 3. The Kier molecular flexibility index (Phi) is 6.40. The van der Waals surface area contributed by atoms with Crippen molar-refractivity contribution in [1.82, 2.24) is 5.09 Å². The molecular weight excluding hydrogens is 275 g/mol. The molecule has 0 bridgehead atoms. The highest BCUT2D eigenvalue weighted by Gasteiger charge is 2.26. The van der Waals surface area contributed by atoms with E-state index >= 15 is 0 Å². The van der Waals surface area contributed by atoms with Crippen molar-refractivity contribution in [3.8, 4) is 0 Å². The summed E-state index contributed by atoms with van der Waals surface area (Å²) in [6.07, 6.45) is 1.01. The second kappa shape index (κ2) is 7.58. The van der Waals surface area contributed by atoms with Crippen LogP contribution in [-0.4, -0.2) is 23.0 Å². The van der Waals surface area contributed by atoms with Crippen LogP contribution in [0.5, 0.6) is 0 Å². The standard InChI is InChI=1S/C14H23N2O3P/c1-11(2)10-13(14(15)17)16-20(18,19)9-8-12-6-4-3-5-7-12/h3-7,11,13H,8-10H2,1-2H3,(H2,15,17)(H2,16,18,19)/t13-/m0/s1. The Hall–Kier alpha value is -1.16. The topological polar surface area (TPSA) is 92.4 Å². The molecule has 1 rings (SSSR count). The maximum atomic E-state index is 12.1. The van der Waals surface area contributed by atoms with Crippen molar-refractivity contribution in [1.29, 1.82) is 0 Å². The van der Waals surface area contributed by atoms with Crippen LogP contribution in [-0.2, 0) is 15.8 Å². The number of rotatable bonds is 8. The lowest BCUT2D eigenvalue weighted by Gasteiger charge is -2.21. The van der Waals surface area contributed by atoms with Gasteiger partial charge in [0.15, 0.2) is 0 Å². The molecule has 6 heteroatoms. The molecule has 0 aliphatic heterocycles. The number of nitrogens with one attached hydrogen (secondary N) is 1. The molecule has 2 atom stereocenters. The molecule has 0 fully saturated rings. The molecule has 0 aliphatic rings. The second-order valence-corrected chi connectivity index (χ2v) is 7.48. The van der Waals surface area contributed by atoms with Gasteiger partial charge in [-0.05, 0) is 24.3 Å². The monoisotopic (exact) mass is 298 g/mol. The fraction of sp³-hybridized carbons (Fsp3) is 0.500. The number of carbonyl (C=O) groups excluding carboxylic acids is 1. The molecule has 20 heavy (non-hydrogen) atoms. The lowest BCUT2D eigenvalue weighted by molar-refractivity contribution is -0.120. The molecule has 112 valence electrons. The fourth-order valence-electron chi connectivity index (χ4n) is 1.94. The summed E-state index contributed by atoms with van der Waals surface area (Å²) >= 11 is 0. The third-order valence-corrected chi connectivity index (χ3v) is 4.50. The number of aryl methyl sites for hydroxylation is 1. The predicted octanol–water partition coefficient (Wildman–Crippen LogP) is 1.90. The number of carbonyl (C=O) groups is 1. The quantitative estimate of drug-likeness (QED) is 0.639. The minimum atomic E-state index is -3.58. The van der Waals surface area contributed by atoms with Crippen LogP contribution >= 0.6 is 7.52 Å². The highest BCUT2D eigenvalue weighted by molar-refractivity contribution is 7.55. The first-order valence-electron chi connectivity index (χ1n) is 6.73. The zero-order valence-electron chi connectivity index (χ0n) is 12.0. The largest absolute Gasteiger partial charge is 0.368 e. The highest BCUT2D eigenvalue weighted by atomic mass is 31.2. The molecule has 0 saturated carbocycles. The van der Waals surface area contributed by atoms with Gasteiger partial charge in [0.2, 0.25) is 5.91 Å². The zero-order valence-corrected chi connectivity index (χ0v) is 12.8. The minimum absolute atomic E-state index is 0.0822. The molecule has 1 amide bonds. The van der Waals surface area contributed by atoms with E-state index in [0.29, 0.717) is 12.8 Å². The summed E-state index contributed by atoms with van der Waals surface area (Å²) in [7, 11) is -3.58. The van der Waals surface area contributed by atoms with Gasteiger partial charge in [-0.25, -0.2) is 5.09 Å². The van der Waals surface area contributed by atoms with Crippen LogP contribution in [0.3, 0.4) is 0 Å². The van der Waals surface area contributed by atoms with E-state index in [0.717, 1.165) is 5.56 Å². The SMILES string of the molecule is CC(C)C[C@H](NP(=O)(O)CCc1ccccc1)C(N)=O. The van der Waals surface area contributed by atoms with E-state index in [1.165, 1.54) is 0 Å². The van der Waals surface area contributed by atoms with Crippen molar-refractivity contribution in [2.75, 3.05) is 6.16 Å². The number of primary amides is 1. The van der Waals surface area contributed by atoms with E-state index in [1.54, 1.807) is 0 Å². The molecule has 0 heterocycles. The first kappa shape index (κ1) is 16.9. The van der Waals surface area contributed by atoms with Gasteiger partial charge in [-0.3, -0.25) is 9.36 Å². The molecule has 1 aromatic rings. The fourth-order valence-corrected chi connectivity index (χ4v) is 3.35. The number of hydrogen-bond acceptors (Lipinski definition) is 2. The molecule has 4 N–H and O–H groups in total. The normalized spacial score (nSPS) is 15.8. The van der Waals surface area contributed by atoms with Gasteiger partial charge in [-0.2, -0.15) is 0 Å². The number of amides is 1. The summed E-state index contributed by atoms with van der Waals surface area (Å²) in [5.74, 6) is -0.373. The van der Waals surface area contributed by atoms with E-state index in [2.05, 4.69) is 5.09 Å². The van der Waals surface area contributed by atoms with Crippen molar-refractivity contribution in [3.05, 3.63) is 35.9 Å². The Labute approximate surface area is 120 Å². The predicted molar refractivity (Wildman–Crippen MR) is 80.4 cm³/mol. The summed E-state index contributed by atoms with van der Waals surface area (Å²) < 4.78 is 12.1. The van der Waals surface area contributed by atoms with E-state index in [-0.39, 0.29) is 12.1 Å². The van der Waals surface area contributed by atoms with Gasteiger partial charge in [-0.1, -0.05) is 44.2 Å². The Balaban J connectivity index is 2.58. The molecular formula is C14H23N2O3P. The lowest BCUT2D eigenvalue weighted by Crippen LogP contribution is -2.41. The second-order valence-electron chi connectivity index (χ2n) is 5.37. The highest BCUT2D eigenvalue weighted by Crippen LogP contribution is 2.37. The summed E-state index contributed by atoms with van der Waals surface area (Å²) in [6, 6.07) is 8.71. The maximum absolute atomic E-state index is 12.1. The first-order valence-corrected chi connectivity index (χ1v) is 8.57. The first-order chi connectivity index (χ1) is 9.30. The average molecular weight is 298 g/mol. The van der Waals surface area contributed by atoms with Crippen LogP contribution in [0.25, 0.3) is 0 Å². The molecule has 0 saturated heterocycles. The van der Waals surface area contributed by atoms with Crippen LogP contribution in [0.4, 0.5) is 0 Å². The van der Waals surface area contributed by atoms with Crippen molar-refractivity contribution in [2.24, 2.45) is 11.7 Å². The number of nitrogens with two attached hydrogens (primary N) is 1. The van der Waals surface area contributed by atoms with Gasteiger partial charge in [0, 0.05) is 6.16 Å². The molecule has 1 unspecified atom stereocenters. The van der Waals surface area contributed by atoms with Crippen LogP contribution in [0.2, 0.25) is 0 Å². The van der Waals surface area contributed by atoms with Crippen LogP contribution in [0.1, 0.15) is 25.8 Å². The molecule has 0 spiro atoms. The van der Waals surface area contributed by atoms with E-state index < -0.39 is 19.5 Å². The van der Waals surface area contributed by atoms with Crippen molar-refractivity contribution in [3.63, 3.8) is 0 Å². The lowest BCUT2D eigenvalue weighted by atomic mass is 10.0. The molecule has 0 aromatic heterocycles. The molecule has 0 radical (unpaired) electrons. The van der Waals surface area contributed by atoms with Crippen molar-refractivity contribution >= 4 is 13.4 Å². The minimum Gasteiger partial charge on any atom is -0.368 e. The van der Waals surface area contributed by atoms with Gasteiger partial charge >= 0.3 is 0 Å². The summed E-state index contributed by atoms with van der Waals surface area (Å²) in [5, 5.41) is 2.53. The number of benzene rings is 1. The van der Waals surface area contributed by atoms with Gasteiger partial charge in [0.1, 0.15) is 0 Å². The Morgan fingerprint density at radius 2 is 1.95 bits per heavy atom. The van der Waals surface area contributed by atoms with Crippen LogP contribution < -0.4 is 10.8 Å². The van der Waals surface area contributed by atoms with E-state index in [4.69, 9.17) is 5.73 Å². The van der Waals surface area contributed by atoms with Crippen molar-refractivity contribution in [2.45, 2.75) is 32.7 Å². The zero-order chi connectivity index (χ0) is 15.2. The van der Waals surface area contributed by atoms with Gasteiger partial charge < -0.3 is 10.6 Å². The van der Waals surface area contributed by atoms with Crippen LogP contribution in [0, 0.1) is 5.92 Å². The van der Waals surface area contributed by atoms with Gasteiger partial charge in [0.25, 0.3) is 7.52 Å². The van der Waals surface area contributed by atoms with Gasteiger partial charge in [0.05, 0.1) is 6.04 Å². The van der Waals surface area contributed by atoms with Crippen molar-refractivity contribution < 1.29 is 14.3 Å². The van der Waals surface area contributed by atoms with Crippen LogP contribution in [0.15, 0.2) is 30.3 Å². The molecule has 1 aromatic carbocycles. The smallest absolute Gasteiger partial charge is 0.268 e. The summed E-state index contributed by atoms with van der Waals surface area (Å²) in [6.45, 7) is 3.87. The average Bonchev–Trinajstić information content (AvgIpc) is 2.36. The van der Waals surface area contributed by atoms with Gasteiger partial charge in [-0.15, -0.1) is 0 Å².